The molecule has 0 radical (unpaired) electrons. The minimum Gasteiger partial charge on any atom is -0.466 e. The van der Waals surface area contributed by atoms with Crippen molar-refractivity contribution in [2.45, 2.75) is 6.54 Å². The van der Waals surface area contributed by atoms with Crippen LogP contribution in [0.25, 0.3) is 27.9 Å². The van der Waals surface area contributed by atoms with Crippen LogP contribution in [0.5, 0.6) is 0 Å². The molecule has 0 bridgehead atoms. The van der Waals surface area contributed by atoms with Gasteiger partial charge in [-0.2, -0.15) is 0 Å². The van der Waals surface area contributed by atoms with Crippen LogP contribution in [0.3, 0.4) is 0 Å². The van der Waals surface area contributed by atoms with Crippen LogP contribution in [0.2, 0.25) is 0 Å². The second-order valence-corrected chi connectivity index (χ2v) is 7.34. The van der Waals surface area contributed by atoms with Gasteiger partial charge in [-0.15, -0.1) is 0 Å². The molecule has 0 fully saturated rings. The average Bonchev–Trinajstić information content (AvgIpc) is 3.17. The van der Waals surface area contributed by atoms with E-state index in [2.05, 4.69) is 10.1 Å². The average molecular weight is 461 g/mol. The van der Waals surface area contributed by atoms with E-state index in [1.165, 1.54) is 26.4 Å². The summed E-state index contributed by atoms with van der Waals surface area (Å²) in [6.45, 7) is 0.0690. The lowest BCUT2D eigenvalue weighted by Gasteiger charge is -2.12. The number of hydrogen-bond acceptors (Lipinski definition) is 7. The topological polar surface area (TPSA) is 103 Å². The Morgan fingerprint density at radius 1 is 1.09 bits per heavy atom. The molecular weight excluding hydrogens is 441 g/mol. The van der Waals surface area contributed by atoms with E-state index in [1.54, 1.807) is 24.3 Å². The van der Waals surface area contributed by atoms with Crippen molar-refractivity contribution in [3.63, 3.8) is 0 Å². The third-order valence-electron chi connectivity index (χ3n) is 5.34. The molecule has 9 heteroatoms. The lowest BCUT2D eigenvalue weighted by molar-refractivity contribution is -0.136. The van der Waals surface area contributed by atoms with Gasteiger partial charge in [0.05, 0.1) is 38.1 Å². The Morgan fingerprint density at radius 2 is 1.82 bits per heavy atom. The lowest BCUT2D eigenvalue weighted by atomic mass is 10.1. The first-order valence-corrected chi connectivity index (χ1v) is 10.2. The number of fused-ring (bicyclic) bond motifs is 3. The third-order valence-corrected chi connectivity index (χ3v) is 5.34. The highest BCUT2D eigenvalue weighted by Gasteiger charge is 2.21. The summed E-state index contributed by atoms with van der Waals surface area (Å²) in [7, 11) is 2.53. The Morgan fingerprint density at radius 3 is 2.50 bits per heavy atom. The van der Waals surface area contributed by atoms with Crippen molar-refractivity contribution in [2.24, 2.45) is 5.16 Å². The van der Waals surface area contributed by atoms with Crippen molar-refractivity contribution in [1.29, 1.82) is 0 Å². The summed E-state index contributed by atoms with van der Waals surface area (Å²) in [5.41, 5.74) is 2.46. The van der Waals surface area contributed by atoms with Gasteiger partial charge < -0.3 is 19.2 Å². The smallest absolute Gasteiger partial charge is 0.356 e. The molecule has 0 saturated heterocycles. The standard InChI is InChI=1S/C25H20FN3O5/c1-33-24(30)16(11-15-7-9-17(26)10-8-15)14-29-22-6-4-3-5-18(22)19-12-20(25(31)34-2)28-21(13-27-32)23(19)29/h3-13,32H,14H2,1-2H3/b16-11+,27-13+. The monoisotopic (exact) mass is 461 g/mol. The van der Waals surface area contributed by atoms with Gasteiger partial charge in [-0.3, -0.25) is 0 Å². The highest BCUT2D eigenvalue weighted by atomic mass is 19.1. The normalized spacial score (nSPS) is 11.9. The van der Waals surface area contributed by atoms with E-state index in [4.69, 9.17) is 9.47 Å². The minimum atomic E-state index is -0.641. The number of esters is 2. The highest BCUT2D eigenvalue weighted by molar-refractivity contribution is 6.14. The minimum absolute atomic E-state index is 0.0443. The molecule has 2 aromatic heterocycles. The summed E-state index contributed by atoms with van der Waals surface area (Å²) in [4.78, 5) is 29.1. The summed E-state index contributed by atoms with van der Waals surface area (Å²) in [6, 6.07) is 14.7. The van der Waals surface area contributed by atoms with Crippen molar-refractivity contribution in [3.05, 3.63) is 82.9 Å². The maximum Gasteiger partial charge on any atom is 0.356 e. The van der Waals surface area contributed by atoms with E-state index in [-0.39, 0.29) is 23.7 Å². The number of carbonyl (C=O) groups is 2. The van der Waals surface area contributed by atoms with Gasteiger partial charge in [0.15, 0.2) is 0 Å². The highest BCUT2D eigenvalue weighted by Crippen LogP contribution is 2.32. The first-order chi connectivity index (χ1) is 16.5. The van der Waals surface area contributed by atoms with Crippen LogP contribution in [0.15, 0.2) is 65.3 Å². The molecule has 2 heterocycles. The molecule has 8 nitrogen and oxygen atoms in total. The van der Waals surface area contributed by atoms with Crippen LogP contribution in [0, 0.1) is 5.82 Å². The van der Waals surface area contributed by atoms with Crippen molar-refractivity contribution in [1.82, 2.24) is 9.55 Å². The number of nitrogens with zero attached hydrogens (tertiary/aromatic N) is 3. The number of pyridine rings is 1. The number of methoxy groups -OCH3 is 2. The summed E-state index contributed by atoms with van der Waals surface area (Å²) in [5.74, 6) is -1.59. The fourth-order valence-corrected chi connectivity index (χ4v) is 3.85. The quantitative estimate of drug-likeness (QED) is 0.152. The Kier molecular flexibility index (Phi) is 6.35. The molecule has 34 heavy (non-hydrogen) atoms. The van der Waals surface area contributed by atoms with Crippen LogP contribution < -0.4 is 0 Å². The van der Waals surface area contributed by atoms with E-state index in [0.29, 0.717) is 22.0 Å². The van der Waals surface area contributed by atoms with Crippen LogP contribution >= 0.6 is 0 Å². The molecule has 0 spiro atoms. The van der Waals surface area contributed by atoms with Crippen molar-refractivity contribution in [2.75, 3.05) is 14.2 Å². The number of halogens is 1. The second-order valence-electron chi connectivity index (χ2n) is 7.34. The van der Waals surface area contributed by atoms with Gasteiger partial charge in [-0.1, -0.05) is 35.5 Å². The fourth-order valence-electron chi connectivity index (χ4n) is 3.85. The predicted molar refractivity (Wildman–Crippen MR) is 124 cm³/mol. The molecule has 0 saturated carbocycles. The molecule has 4 aromatic rings. The fraction of sp³-hybridized carbons (Fsp3) is 0.120. The molecule has 0 aliphatic rings. The number of rotatable bonds is 6. The summed E-state index contributed by atoms with van der Waals surface area (Å²) in [6.07, 6.45) is 2.73. The predicted octanol–water partition coefficient (Wildman–Crippen LogP) is 4.18. The Bertz CT molecular complexity index is 1460. The molecule has 1 N–H and O–H groups in total. The Hall–Kier alpha value is -4.53. The number of benzene rings is 2. The zero-order valence-electron chi connectivity index (χ0n) is 18.4. The number of para-hydroxylation sites is 1. The molecule has 0 atom stereocenters. The lowest BCUT2D eigenvalue weighted by Crippen LogP contribution is -2.13. The summed E-state index contributed by atoms with van der Waals surface area (Å²) < 4.78 is 25.0. The van der Waals surface area contributed by atoms with E-state index in [9.17, 15) is 19.2 Å². The number of oxime groups is 1. The van der Waals surface area contributed by atoms with Gasteiger partial charge in [0, 0.05) is 16.3 Å². The molecule has 172 valence electrons. The summed E-state index contributed by atoms with van der Waals surface area (Å²) >= 11 is 0. The SMILES string of the molecule is COC(=O)/C(=C/c1ccc(F)cc1)Cn1c2ccccc2c2cc(C(=O)OC)nc(/C=N/O)c21. The van der Waals surface area contributed by atoms with Crippen LogP contribution in [-0.4, -0.2) is 47.1 Å². The molecular formula is C25H20FN3O5. The van der Waals surface area contributed by atoms with Gasteiger partial charge >= 0.3 is 11.9 Å². The summed E-state index contributed by atoms with van der Waals surface area (Å²) in [5, 5.41) is 13.8. The van der Waals surface area contributed by atoms with Crippen molar-refractivity contribution >= 4 is 46.0 Å². The molecule has 2 aromatic carbocycles. The van der Waals surface area contributed by atoms with Gasteiger partial charge in [0.2, 0.25) is 0 Å². The largest absolute Gasteiger partial charge is 0.466 e. The number of hydrogen-bond donors (Lipinski definition) is 1. The van der Waals surface area contributed by atoms with Gasteiger partial charge in [0.25, 0.3) is 0 Å². The zero-order chi connectivity index (χ0) is 24.2. The molecule has 0 unspecified atom stereocenters. The van der Waals surface area contributed by atoms with E-state index in [0.717, 1.165) is 17.1 Å². The zero-order valence-corrected chi connectivity index (χ0v) is 18.4. The van der Waals surface area contributed by atoms with E-state index < -0.39 is 11.9 Å². The van der Waals surface area contributed by atoms with Crippen molar-refractivity contribution in [3.8, 4) is 0 Å². The van der Waals surface area contributed by atoms with E-state index >= 15 is 0 Å². The van der Waals surface area contributed by atoms with Crippen molar-refractivity contribution < 1.29 is 28.7 Å². The second kappa shape index (κ2) is 9.53. The molecule has 4 rings (SSSR count). The van der Waals surface area contributed by atoms with Crippen LogP contribution in [0.1, 0.15) is 21.7 Å². The third kappa shape index (κ3) is 4.23. The Balaban J connectivity index is 1.98. The van der Waals surface area contributed by atoms with Crippen LogP contribution in [0.4, 0.5) is 4.39 Å². The number of aromatic nitrogens is 2. The first kappa shape index (κ1) is 22.7. The molecule has 0 aliphatic heterocycles. The molecule has 0 amide bonds. The van der Waals surface area contributed by atoms with Gasteiger partial charge in [0.1, 0.15) is 17.2 Å². The van der Waals surface area contributed by atoms with Crippen LogP contribution in [-0.2, 0) is 20.8 Å². The number of ether oxygens (including phenoxy) is 2. The first-order valence-electron chi connectivity index (χ1n) is 10.2. The Labute approximate surface area is 193 Å². The van der Waals surface area contributed by atoms with Gasteiger partial charge in [-0.05, 0) is 35.9 Å². The molecule has 0 aliphatic carbocycles. The maximum atomic E-state index is 13.3. The van der Waals surface area contributed by atoms with Gasteiger partial charge in [-0.25, -0.2) is 19.0 Å². The number of carbonyl (C=O) groups excluding carboxylic acids is 2. The van der Waals surface area contributed by atoms with E-state index in [1.807, 2.05) is 28.8 Å². The maximum absolute atomic E-state index is 13.3.